The van der Waals surface area contributed by atoms with Crippen LogP contribution in [0.3, 0.4) is 0 Å². The van der Waals surface area contributed by atoms with E-state index in [2.05, 4.69) is 4.99 Å². The molecule has 1 aliphatic rings. The predicted octanol–water partition coefficient (Wildman–Crippen LogP) is 0.267. The molecule has 0 radical (unpaired) electrons. The van der Waals surface area contributed by atoms with Crippen molar-refractivity contribution in [2.75, 3.05) is 6.61 Å². The maximum absolute atomic E-state index is 5.21. The number of nitrogens with zero attached hydrogens (tertiary/aromatic N) is 1. The van der Waals surface area contributed by atoms with Gasteiger partial charge in [-0.3, -0.25) is 0 Å². The Hall–Kier alpha value is -0.700. The summed E-state index contributed by atoms with van der Waals surface area (Å²) < 4.78 is 4.75. The van der Waals surface area contributed by atoms with Gasteiger partial charge in [0.25, 0.3) is 0 Å². The van der Waals surface area contributed by atoms with Crippen molar-refractivity contribution in [1.29, 1.82) is 0 Å². The van der Waals surface area contributed by atoms with Crippen molar-refractivity contribution < 1.29 is 4.74 Å². The first kappa shape index (κ1) is 7.30. The Kier molecular flexibility index (Phi) is 3.03. The second-order valence-electron chi connectivity index (χ2n) is 1.22. The molecule has 0 aromatic heterocycles. The number of amidine groups is 1. The van der Waals surface area contributed by atoms with Crippen LogP contribution in [-0.2, 0) is 4.74 Å². The van der Waals surface area contributed by atoms with Crippen LogP contribution in [0.5, 0.6) is 0 Å². The molecule has 0 aromatic rings. The van der Waals surface area contributed by atoms with Gasteiger partial charge in [-0.1, -0.05) is 0 Å². The van der Waals surface area contributed by atoms with Crippen LogP contribution in [-0.4, -0.2) is 12.4 Å². The van der Waals surface area contributed by atoms with Gasteiger partial charge < -0.3 is 10.5 Å². The fraction of sp³-hybridized carbons (Fsp3) is 0.250. The van der Waals surface area contributed by atoms with Crippen LogP contribution in [0.4, 0.5) is 0 Å². The summed E-state index contributed by atoms with van der Waals surface area (Å²) in [6.07, 6.45) is 3.04. The van der Waals surface area contributed by atoms with Crippen LogP contribution in [0, 0.1) is 0 Å². The van der Waals surface area contributed by atoms with Crippen molar-refractivity contribution >= 4 is 18.2 Å². The molecule has 1 aliphatic heterocycles. The summed E-state index contributed by atoms with van der Waals surface area (Å²) in [5, 5.41) is 0. The van der Waals surface area contributed by atoms with Gasteiger partial charge in [0.2, 0.25) is 0 Å². The second-order valence-corrected chi connectivity index (χ2v) is 1.22. The Morgan fingerprint density at radius 1 is 1.75 bits per heavy atom. The van der Waals surface area contributed by atoms with E-state index in [-0.39, 0.29) is 12.4 Å². The first-order valence-electron chi connectivity index (χ1n) is 1.98. The summed E-state index contributed by atoms with van der Waals surface area (Å²) >= 11 is 0. The summed E-state index contributed by atoms with van der Waals surface area (Å²) in [6, 6.07) is 0. The highest BCUT2D eigenvalue weighted by atomic mass is 35.5. The van der Waals surface area contributed by atoms with Crippen LogP contribution in [0.2, 0.25) is 0 Å². The molecule has 0 amide bonds. The quantitative estimate of drug-likeness (QED) is 0.517. The van der Waals surface area contributed by atoms with Crippen molar-refractivity contribution in [1.82, 2.24) is 0 Å². The Balaban J connectivity index is 0.000000490. The van der Waals surface area contributed by atoms with Gasteiger partial charge in [-0.15, -0.1) is 12.4 Å². The monoisotopic (exact) mass is 134 g/mol. The minimum absolute atomic E-state index is 0. The first-order chi connectivity index (χ1) is 3.39. The van der Waals surface area contributed by atoms with Crippen molar-refractivity contribution in [2.45, 2.75) is 0 Å². The summed E-state index contributed by atoms with van der Waals surface area (Å²) in [5.74, 6) is 0.530. The molecule has 0 saturated heterocycles. The number of ether oxygens (including phenoxy) is 1. The highest BCUT2D eigenvalue weighted by molar-refractivity contribution is 5.85. The van der Waals surface area contributed by atoms with Gasteiger partial charge in [0.15, 0.2) is 0 Å². The number of rotatable bonds is 0. The van der Waals surface area contributed by atoms with Gasteiger partial charge in [-0.25, -0.2) is 4.99 Å². The summed E-state index contributed by atoms with van der Waals surface area (Å²) in [5.41, 5.74) is 5.21. The van der Waals surface area contributed by atoms with Crippen LogP contribution < -0.4 is 5.73 Å². The summed E-state index contributed by atoms with van der Waals surface area (Å²) in [6.45, 7) is 0.427. The molecule has 0 fully saturated rings. The van der Waals surface area contributed by atoms with E-state index in [1.165, 1.54) is 12.5 Å². The third-order valence-corrected chi connectivity index (χ3v) is 0.629. The smallest absolute Gasteiger partial charge is 0.144 e. The van der Waals surface area contributed by atoms with E-state index in [9.17, 15) is 0 Å². The number of hydrogen-bond donors (Lipinski definition) is 1. The van der Waals surface area contributed by atoms with Gasteiger partial charge in [-0.05, 0) is 0 Å². The molecular formula is C4H7ClN2O. The molecule has 4 heteroatoms. The largest absolute Gasteiger partial charge is 0.492 e. The van der Waals surface area contributed by atoms with Crippen molar-refractivity contribution in [2.24, 2.45) is 10.7 Å². The molecule has 0 spiro atoms. The van der Waals surface area contributed by atoms with E-state index in [4.69, 9.17) is 10.5 Å². The van der Waals surface area contributed by atoms with Gasteiger partial charge >= 0.3 is 0 Å². The molecule has 1 rings (SSSR count). The van der Waals surface area contributed by atoms with E-state index >= 15 is 0 Å². The first-order valence-corrected chi connectivity index (χ1v) is 1.98. The lowest BCUT2D eigenvalue weighted by Crippen LogP contribution is -2.18. The van der Waals surface area contributed by atoms with E-state index in [1.807, 2.05) is 0 Å². The number of aliphatic imine (C=N–C) groups is 1. The van der Waals surface area contributed by atoms with E-state index in [1.54, 1.807) is 0 Å². The molecule has 3 nitrogen and oxygen atoms in total. The highest BCUT2D eigenvalue weighted by Gasteiger charge is 1.90. The fourth-order valence-corrected chi connectivity index (χ4v) is 0.340. The Bertz CT molecular complexity index is 121. The van der Waals surface area contributed by atoms with Gasteiger partial charge in [0.1, 0.15) is 18.7 Å². The zero-order chi connectivity index (χ0) is 5.11. The second kappa shape index (κ2) is 3.32. The number of nitrogens with two attached hydrogens (primary N) is 1. The minimum Gasteiger partial charge on any atom is -0.492 e. The van der Waals surface area contributed by atoms with Crippen molar-refractivity contribution in [3.8, 4) is 0 Å². The minimum atomic E-state index is 0. The van der Waals surface area contributed by atoms with E-state index in [0.717, 1.165) is 0 Å². The topological polar surface area (TPSA) is 47.6 Å². The van der Waals surface area contributed by atoms with Crippen LogP contribution in [0.25, 0.3) is 0 Å². The third kappa shape index (κ3) is 1.84. The molecule has 8 heavy (non-hydrogen) atoms. The molecule has 0 saturated carbocycles. The summed E-state index contributed by atoms with van der Waals surface area (Å²) in [7, 11) is 0. The number of hydrogen-bond acceptors (Lipinski definition) is 3. The molecular weight excluding hydrogens is 128 g/mol. The highest BCUT2D eigenvalue weighted by Crippen LogP contribution is 1.86. The molecule has 1 heterocycles. The van der Waals surface area contributed by atoms with Crippen LogP contribution in [0.1, 0.15) is 0 Å². The normalized spacial score (nSPS) is 15.8. The molecule has 0 bridgehead atoms. The van der Waals surface area contributed by atoms with E-state index in [0.29, 0.717) is 12.4 Å². The molecule has 2 N–H and O–H groups in total. The third-order valence-electron chi connectivity index (χ3n) is 0.629. The van der Waals surface area contributed by atoms with Gasteiger partial charge in [0.05, 0.1) is 6.20 Å². The molecule has 46 valence electrons. The van der Waals surface area contributed by atoms with Crippen LogP contribution in [0.15, 0.2) is 17.5 Å². The predicted molar refractivity (Wildman–Crippen MR) is 34.0 cm³/mol. The maximum atomic E-state index is 5.21. The lowest BCUT2D eigenvalue weighted by molar-refractivity contribution is 0.295. The van der Waals surface area contributed by atoms with Crippen LogP contribution >= 0.6 is 12.4 Å². The maximum Gasteiger partial charge on any atom is 0.144 e. The zero-order valence-electron chi connectivity index (χ0n) is 4.20. The standard InChI is InChI=1S/C4H6N2O.ClH/c5-4-3-7-2-1-6-4;/h1-2H,3H2,(H2,5,6);1H. The Labute approximate surface area is 53.6 Å². The lowest BCUT2D eigenvalue weighted by Gasteiger charge is -2.01. The number of halogens is 1. The van der Waals surface area contributed by atoms with Gasteiger partial charge in [0, 0.05) is 0 Å². The fourth-order valence-electron chi connectivity index (χ4n) is 0.340. The van der Waals surface area contributed by atoms with Gasteiger partial charge in [-0.2, -0.15) is 0 Å². The lowest BCUT2D eigenvalue weighted by atomic mass is 10.6. The molecule has 0 atom stereocenters. The Morgan fingerprint density at radius 3 is 2.75 bits per heavy atom. The summed E-state index contributed by atoms with van der Waals surface area (Å²) in [4.78, 5) is 3.72. The SMILES string of the molecule is Cl.NC1=NC=COC1. The molecule has 0 aliphatic carbocycles. The van der Waals surface area contributed by atoms with E-state index < -0.39 is 0 Å². The zero-order valence-corrected chi connectivity index (χ0v) is 5.02. The average Bonchev–Trinajstić information content (AvgIpc) is 1.69. The molecule has 0 unspecified atom stereocenters. The van der Waals surface area contributed by atoms with Crippen molar-refractivity contribution in [3.05, 3.63) is 12.5 Å². The van der Waals surface area contributed by atoms with Crippen molar-refractivity contribution in [3.63, 3.8) is 0 Å². The molecule has 0 aromatic carbocycles. The Morgan fingerprint density at radius 2 is 2.50 bits per heavy atom. The average molecular weight is 135 g/mol.